The van der Waals surface area contributed by atoms with Gasteiger partial charge in [0.2, 0.25) is 5.78 Å². The Labute approximate surface area is 226 Å². The summed E-state index contributed by atoms with van der Waals surface area (Å²) in [5.74, 6) is -5.95. The smallest absolute Gasteiger partial charge is 0.255 e. The molecular weight excluding hydrogens is 589 g/mol. The molecule has 8 nitrogen and oxygen atoms in total. The van der Waals surface area contributed by atoms with Crippen LogP contribution in [0.4, 0.5) is 0 Å². The van der Waals surface area contributed by atoms with Gasteiger partial charge in [-0.25, -0.2) is 0 Å². The van der Waals surface area contributed by atoms with Crippen molar-refractivity contribution in [3.8, 4) is 16.9 Å². The molecule has 0 radical (unpaired) electrons. The van der Waals surface area contributed by atoms with Crippen molar-refractivity contribution < 1.29 is 34.8 Å². The lowest BCUT2D eigenvalue weighted by atomic mass is 9.59. The number of primary amides is 1. The Morgan fingerprint density at radius 1 is 1.11 bits per heavy atom. The zero-order chi connectivity index (χ0) is 27.0. The summed E-state index contributed by atoms with van der Waals surface area (Å²) in [4.78, 5) is 38.0. The third-order valence-corrected chi connectivity index (χ3v) is 8.73. The van der Waals surface area contributed by atoms with Gasteiger partial charge in [-0.1, -0.05) is 38.1 Å². The number of phenols is 1. The van der Waals surface area contributed by atoms with Gasteiger partial charge in [0.1, 0.15) is 22.8 Å². The highest BCUT2D eigenvalue weighted by molar-refractivity contribution is 14.1. The fourth-order valence-electron chi connectivity index (χ4n) is 5.96. The summed E-state index contributed by atoms with van der Waals surface area (Å²) >= 11 is 1.96. The summed E-state index contributed by atoms with van der Waals surface area (Å²) in [6.07, 6.45) is 0.0188. The third-order valence-electron chi connectivity index (χ3n) is 7.91. The molecule has 6 N–H and O–H groups in total. The summed E-state index contributed by atoms with van der Waals surface area (Å²) in [6.45, 7) is 4.20. The van der Waals surface area contributed by atoms with E-state index in [4.69, 9.17) is 5.73 Å². The molecule has 5 rings (SSSR count). The van der Waals surface area contributed by atoms with Gasteiger partial charge < -0.3 is 26.2 Å². The van der Waals surface area contributed by atoms with Crippen LogP contribution in [0.15, 0.2) is 47.2 Å². The minimum atomic E-state index is -2.57. The van der Waals surface area contributed by atoms with E-state index in [1.807, 2.05) is 52.9 Å². The normalized spacial score (nSPS) is 25.2. The van der Waals surface area contributed by atoms with Crippen LogP contribution in [0, 0.1) is 15.4 Å². The Kier molecular flexibility index (Phi) is 5.99. The maximum Gasteiger partial charge on any atom is 0.255 e. The van der Waals surface area contributed by atoms with Crippen LogP contribution in [0.3, 0.4) is 0 Å². The van der Waals surface area contributed by atoms with Crippen LogP contribution in [0.2, 0.25) is 0 Å². The van der Waals surface area contributed by atoms with Crippen molar-refractivity contribution in [2.45, 2.75) is 44.6 Å². The third kappa shape index (κ3) is 3.62. The van der Waals surface area contributed by atoms with E-state index in [0.29, 0.717) is 15.1 Å². The molecule has 0 saturated heterocycles. The number of halogens is 1. The van der Waals surface area contributed by atoms with E-state index < -0.39 is 52.0 Å². The molecule has 0 bridgehead atoms. The molecule has 1 saturated carbocycles. The average Bonchev–Trinajstić information content (AvgIpc) is 2.83. The molecule has 1 amide bonds. The van der Waals surface area contributed by atoms with Crippen LogP contribution in [-0.4, -0.2) is 43.5 Å². The van der Waals surface area contributed by atoms with Crippen molar-refractivity contribution in [3.05, 3.63) is 67.5 Å². The predicted octanol–water partition coefficient (Wildman–Crippen LogP) is 3.82. The van der Waals surface area contributed by atoms with Crippen LogP contribution in [0.25, 0.3) is 16.9 Å². The highest BCUT2D eigenvalue weighted by atomic mass is 127. The minimum absolute atomic E-state index is 0.0986. The highest BCUT2D eigenvalue weighted by Crippen LogP contribution is 2.53. The number of hydrogen-bond donors (Lipinski definition) is 5. The summed E-state index contributed by atoms with van der Waals surface area (Å²) in [5.41, 5.74) is 5.32. The van der Waals surface area contributed by atoms with Crippen molar-refractivity contribution in [2.24, 2.45) is 17.6 Å². The highest BCUT2D eigenvalue weighted by Gasteiger charge is 2.60. The fraction of sp³-hybridized carbons (Fsp3) is 0.321. The maximum atomic E-state index is 13.7. The minimum Gasteiger partial charge on any atom is -0.508 e. The molecule has 0 spiro atoms. The van der Waals surface area contributed by atoms with Gasteiger partial charge in [0, 0.05) is 17.9 Å². The Balaban J connectivity index is 1.70. The van der Waals surface area contributed by atoms with Crippen molar-refractivity contribution in [1.82, 2.24) is 0 Å². The van der Waals surface area contributed by atoms with Gasteiger partial charge in [-0.2, -0.15) is 0 Å². The quantitative estimate of drug-likeness (QED) is 0.260. The number of fused-ring (bicyclic) bond motifs is 3. The summed E-state index contributed by atoms with van der Waals surface area (Å²) in [6, 6.07) is 9.84. The predicted molar refractivity (Wildman–Crippen MR) is 144 cm³/mol. The number of aromatic hydroxyl groups is 1. The van der Waals surface area contributed by atoms with E-state index in [1.54, 1.807) is 0 Å². The van der Waals surface area contributed by atoms with Crippen LogP contribution >= 0.6 is 22.6 Å². The van der Waals surface area contributed by atoms with E-state index in [-0.39, 0.29) is 36.1 Å². The number of aliphatic hydroxyl groups is 3. The Hall–Kier alpha value is -3.18. The van der Waals surface area contributed by atoms with Crippen molar-refractivity contribution >= 4 is 45.8 Å². The summed E-state index contributed by atoms with van der Waals surface area (Å²) in [7, 11) is 0. The molecule has 2 aromatic carbocycles. The first-order valence-corrected chi connectivity index (χ1v) is 13.1. The lowest BCUT2D eigenvalue weighted by Crippen LogP contribution is -2.58. The second-order valence-corrected chi connectivity index (χ2v) is 11.5. The van der Waals surface area contributed by atoms with Gasteiger partial charge in [-0.05, 0) is 75.6 Å². The Morgan fingerprint density at radius 3 is 2.35 bits per heavy atom. The van der Waals surface area contributed by atoms with Crippen molar-refractivity contribution in [3.63, 3.8) is 0 Å². The van der Waals surface area contributed by atoms with Gasteiger partial charge in [0.25, 0.3) is 5.91 Å². The standard InChI is InChI=1S/C28H26INO7/c1-11(2)12-3-5-13(6-4-12)16-10-18(29)23(32)21-17(16)8-14-7-15-9-19(31)22(27(30)36)26(35)28(15,37)25(34)20(14)24(21)33/h3-6,10-11,14-15,32-33,35,37H,7-9H2,1-2H3,(H2,30,36)/t14-,15+,28+/m1/s1. The number of Topliss-reactive ketones (excluding diaryl/α,β-unsaturated/α-hetero) is 2. The summed E-state index contributed by atoms with van der Waals surface area (Å²) in [5, 5.41) is 44.4. The molecule has 3 aliphatic carbocycles. The molecule has 1 fully saturated rings. The van der Waals surface area contributed by atoms with Gasteiger partial charge in [0.05, 0.1) is 9.13 Å². The number of phenolic OH excluding ortho intramolecular Hbond substituents is 1. The molecule has 3 aliphatic rings. The monoisotopic (exact) mass is 615 g/mol. The van der Waals surface area contributed by atoms with E-state index in [9.17, 15) is 34.8 Å². The number of aliphatic hydroxyl groups excluding tert-OH is 2. The van der Waals surface area contributed by atoms with Crippen LogP contribution in [0.5, 0.6) is 5.75 Å². The van der Waals surface area contributed by atoms with Crippen LogP contribution < -0.4 is 5.73 Å². The zero-order valence-corrected chi connectivity index (χ0v) is 22.4. The van der Waals surface area contributed by atoms with E-state index in [0.717, 1.165) is 11.1 Å². The number of nitrogens with two attached hydrogens (primary N) is 1. The van der Waals surface area contributed by atoms with Crippen molar-refractivity contribution in [2.75, 3.05) is 0 Å². The molecule has 9 heteroatoms. The van der Waals surface area contributed by atoms with Gasteiger partial charge in [0.15, 0.2) is 11.4 Å². The summed E-state index contributed by atoms with van der Waals surface area (Å²) < 4.78 is 0.465. The number of carbonyl (C=O) groups is 3. The molecular formula is C28H26INO7. The fourth-order valence-corrected chi connectivity index (χ4v) is 6.54. The molecule has 37 heavy (non-hydrogen) atoms. The van der Waals surface area contributed by atoms with E-state index in [1.165, 1.54) is 5.56 Å². The van der Waals surface area contributed by atoms with Crippen LogP contribution in [-0.2, 0) is 20.8 Å². The SMILES string of the molecule is CC(C)c1ccc(-c2cc(I)c(O)c3c2C[C@H]2C[C@H]4CC(=O)C(C(N)=O)=C(O)[C@@]4(O)C(=O)C2=C3O)cc1. The van der Waals surface area contributed by atoms with E-state index in [2.05, 4.69) is 13.8 Å². The average molecular weight is 615 g/mol. The lowest BCUT2D eigenvalue weighted by Gasteiger charge is -2.46. The largest absolute Gasteiger partial charge is 0.508 e. The topological polar surface area (TPSA) is 158 Å². The molecule has 0 aliphatic heterocycles. The van der Waals surface area contributed by atoms with Gasteiger partial charge in [-0.15, -0.1) is 0 Å². The first-order valence-electron chi connectivity index (χ1n) is 12.0. The number of rotatable bonds is 3. The second-order valence-electron chi connectivity index (χ2n) is 10.3. The molecule has 3 atom stereocenters. The number of amides is 1. The number of ketones is 2. The Morgan fingerprint density at radius 2 is 1.76 bits per heavy atom. The zero-order valence-electron chi connectivity index (χ0n) is 20.2. The lowest BCUT2D eigenvalue weighted by molar-refractivity contribution is -0.147. The first-order chi connectivity index (χ1) is 17.4. The molecule has 0 unspecified atom stereocenters. The second kappa shape index (κ2) is 8.70. The van der Waals surface area contributed by atoms with Crippen molar-refractivity contribution in [1.29, 1.82) is 0 Å². The van der Waals surface area contributed by atoms with Crippen LogP contribution in [0.1, 0.15) is 49.3 Å². The number of benzene rings is 2. The first kappa shape index (κ1) is 25.5. The van der Waals surface area contributed by atoms with Gasteiger partial charge >= 0.3 is 0 Å². The molecule has 2 aromatic rings. The molecule has 0 aromatic heterocycles. The molecule has 192 valence electrons. The van der Waals surface area contributed by atoms with Gasteiger partial charge in [-0.3, -0.25) is 14.4 Å². The van der Waals surface area contributed by atoms with E-state index >= 15 is 0 Å². The maximum absolute atomic E-state index is 13.7. The number of carbonyl (C=O) groups excluding carboxylic acids is 3. The Bertz CT molecular complexity index is 1450. The molecule has 0 heterocycles. The number of hydrogen-bond acceptors (Lipinski definition) is 7.